The number of nitrogens with one attached hydrogen (secondary N) is 1. The van der Waals surface area contributed by atoms with Crippen molar-refractivity contribution in [1.29, 1.82) is 0 Å². The van der Waals surface area contributed by atoms with Gasteiger partial charge in [0.1, 0.15) is 0 Å². The Hall–Kier alpha value is -1.40. The normalized spacial score (nSPS) is 11.2. The van der Waals surface area contributed by atoms with Gasteiger partial charge in [0.25, 0.3) is 5.91 Å². The third kappa shape index (κ3) is 7.55. The van der Waals surface area contributed by atoms with Crippen LogP contribution in [0.5, 0.6) is 0 Å². The summed E-state index contributed by atoms with van der Waals surface area (Å²) in [5.41, 5.74) is 1.27. The van der Waals surface area contributed by atoms with Gasteiger partial charge in [-0.1, -0.05) is 41.2 Å². The summed E-state index contributed by atoms with van der Waals surface area (Å²) in [5.74, 6) is -0.484. The standard InChI is InChI=1S/C20H20Cl3NO3S/c21-15-6-4-14(5-7-15)18(25)24-16-8-10-17(11-9-16)28-13-3-1-2-12-20(22,23)19(26)27/h4-11H,1-3,12-13H2,(H,24,25)(H,26,27). The Labute approximate surface area is 183 Å². The second kappa shape index (κ2) is 11.0. The summed E-state index contributed by atoms with van der Waals surface area (Å²) in [7, 11) is 0. The molecule has 0 saturated heterocycles. The van der Waals surface area contributed by atoms with Crippen LogP contribution in [0, 0.1) is 0 Å². The van der Waals surface area contributed by atoms with Crippen LogP contribution in [0.3, 0.4) is 0 Å². The van der Waals surface area contributed by atoms with E-state index in [2.05, 4.69) is 5.32 Å². The number of halogens is 3. The molecular formula is C20H20Cl3NO3S. The molecule has 28 heavy (non-hydrogen) atoms. The van der Waals surface area contributed by atoms with Gasteiger partial charge in [0.05, 0.1) is 0 Å². The molecular weight excluding hydrogens is 441 g/mol. The minimum Gasteiger partial charge on any atom is -0.479 e. The summed E-state index contributed by atoms with van der Waals surface area (Å²) in [5, 5.41) is 12.3. The van der Waals surface area contributed by atoms with Gasteiger partial charge in [0.2, 0.25) is 4.33 Å². The molecule has 0 atom stereocenters. The molecule has 0 spiro atoms. The first-order chi connectivity index (χ1) is 13.3. The average molecular weight is 461 g/mol. The highest BCUT2D eigenvalue weighted by Gasteiger charge is 2.32. The molecule has 1 amide bonds. The predicted molar refractivity (Wildman–Crippen MR) is 117 cm³/mol. The van der Waals surface area contributed by atoms with E-state index >= 15 is 0 Å². The van der Waals surface area contributed by atoms with Gasteiger partial charge in [0, 0.05) is 21.2 Å². The van der Waals surface area contributed by atoms with Gasteiger partial charge in [0.15, 0.2) is 0 Å². The van der Waals surface area contributed by atoms with E-state index < -0.39 is 10.3 Å². The molecule has 0 aliphatic heterocycles. The van der Waals surface area contributed by atoms with Gasteiger partial charge in [-0.2, -0.15) is 0 Å². The number of unbranched alkanes of at least 4 members (excludes halogenated alkanes) is 2. The molecule has 2 rings (SSSR count). The number of hydrogen-bond donors (Lipinski definition) is 2. The second-order valence-electron chi connectivity index (χ2n) is 6.15. The number of anilines is 1. The lowest BCUT2D eigenvalue weighted by molar-refractivity contribution is -0.138. The van der Waals surface area contributed by atoms with Crippen molar-refractivity contribution in [3.8, 4) is 0 Å². The Morgan fingerprint density at radius 2 is 1.61 bits per heavy atom. The fourth-order valence-electron chi connectivity index (χ4n) is 2.36. The van der Waals surface area contributed by atoms with Gasteiger partial charge < -0.3 is 10.4 Å². The Kier molecular flexibility index (Phi) is 8.96. The number of amides is 1. The summed E-state index contributed by atoms with van der Waals surface area (Å²) in [6.45, 7) is 0. The third-order valence-electron chi connectivity index (χ3n) is 3.94. The molecule has 0 heterocycles. The maximum Gasteiger partial charge on any atom is 0.340 e. The number of aliphatic carboxylic acids is 1. The van der Waals surface area contributed by atoms with Crippen molar-refractivity contribution in [2.75, 3.05) is 11.1 Å². The fraction of sp³-hybridized carbons (Fsp3) is 0.300. The van der Waals surface area contributed by atoms with Crippen LogP contribution in [0.15, 0.2) is 53.4 Å². The molecule has 0 radical (unpaired) electrons. The van der Waals surface area contributed by atoms with Crippen molar-refractivity contribution in [2.45, 2.75) is 34.9 Å². The van der Waals surface area contributed by atoms with Crippen molar-refractivity contribution in [1.82, 2.24) is 0 Å². The number of thioether (sulfide) groups is 1. The molecule has 2 aromatic rings. The third-order valence-corrected chi connectivity index (χ3v) is 5.99. The first-order valence-electron chi connectivity index (χ1n) is 8.69. The summed E-state index contributed by atoms with van der Waals surface area (Å²) < 4.78 is -1.70. The van der Waals surface area contributed by atoms with Crippen molar-refractivity contribution in [2.24, 2.45) is 0 Å². The summed E-state index contributed by atoms with van der Waals surface area (Å²) in [4.78, 5) is 24.1. The molecule has 0 aliphatic rings. The fourth-order valence-corrected chi connectivity index (χ4v) is 3.67. The molecule has 4 nitrogen and oxygen atoms in total. The van der Waals surface area contributed by atoms with Crippen LogP contribution in [0.1, 0.15) is 36.0 Å². The lowest BCUT2D eigenvalue weighted by atomic mass is 10.1. The van der Waals surface area contributed by atoms with E-state index in [9.17, 15) is 9.59 Å². The molecule has 0 aromatic heterocycles. The second-order valence-corrected chi connectivity index (χ2v) is 9.24. The lowest BCUT2D eigenvalue weighted by Crippen LogP contribution is -2.25. The van der Waals surface area contributed by atoms with Gasteiger partial charge in [-0.05, 0) is 73.5 Å². The summed E-state index contributed by atoms with van der Waals surface area (Å²) in [6, 6.07) is 14.3. The van der Waals surface area contributed by atoms with E-state index in [4.69, 9.17) is 39.9 Å². The molecule has 2 N–H and O–H groups in total. The predicted octanol–water partition coefficient (Wildman–Crippen LogP) is 6.50. The van der Waals surface area contributed by atoms with Crippen LogP contribution >= 0.6 is 46.6 Å². The van der Waals surface area contributed by atoms with E-state index in [0.29, 0.717) is 17.0 Å². The van der Waals surface area contributed by atoms with Crippen LogP contribution < -0.4 is 5.32 Å². The Balaban J connectivity index is 1.70. The molecule has 0 unspecified atom stereocenters. The Morgan fingerprint density at radius 3 is 2.21 bits per heavy atom. The van der Waals surface area contributed by atoms with Crippen LogP contribution in [0.4, 0.5) is 5.69 Å². The van der Waals surface area contributed by atoms with E-state index in [0.717, 1.165) is 29.2 Å². The smallest absolute Gasteiger partial charge is 0.340 e. The van der Waals surface area contributed by atoms with Crippen molar-refractivity contribution >= 4 is 64.1 Å². The highest BCUT2D eigenvalue weighted by Crippen LogP contribution is 2.29. The van der Waals surface area contributed by atoms with Crippen molar-refractivity contribution in [3.63, 3.8) is 0 Å². The summed E-state index contributed by atoms with van der Waals surface area (Å²) >= 11 is 18.9. The zero-order valence-corrected chi connectivity index (χ0v) is 18.0. The van der Waals surface area contributed by atoms with Crippen molar-refractivity contribution in [3.05, 3.63) is 59.1 Å². The Morgan fingerprint density at radius 1 is 0.964 bits per heavy atom. The highest BCUT2D eigenvalue weighted by atomic mass is 35.5. The van der Waals surface area contributed by atoms with Gasteiger partial charge in [-0.15, -0.1) is 11.8 Å². The zero-order chi connectivity index (χ0) is 20.6. The number of hydrogen-bond acceptors (Lipinski definition) is 3. The lowest BCUT2D eigenvalue weighted by Gasteiger charge is -2.13. The van der Waals surface area contributed by atoms with Gasteiger partial charge >= 0.3 is 5.97 Å². The molecule has 2 aromatic carbocycles. The molecule has 0 bridgehead atoms. The molecule has 0 fully saturated rings. The topological polar surface area (TPSA) is 66.4 Å². The van der Waals surface area contributed by atoms with E-state index in [1.165, 1.54) is 0 Å². The minimum atomic E-state index is -1.70. The van der Waals surface area contributed by atoms with Gasteiger partial charge in [-0.3, -0.25) is 4.79 Å². The molecule has 150 valence electrons. The first kappa shape index (κ1) is 22.9. The number of benzene rings is 2. The number of rotatable bonds is 10. The number of carboxylic acids is 1. The summed E-state index contributed by atoms with van der Waals surface area (Å²) in [6.07, 6.45) is 2.69. The highest BCUT2D eigenvalue weighted by molar-refractivity contribution is 7.99. The molecule has 0 saturated carbocycles. The molecule has 8 heteroatoms. The zero-order valence-electron chi connectivity index (χ0n) is 15.0. The molecule has 0 aliphatic carbocycles. The maximum atomic E-state index is 12.2. The van der Waals surface area contributed by atoms with Gasteiger partial charge in [-0.25, -0.2) is 4.79 Å². The van der Waals surface area contributed by atoms with E-state index in [1.807, 2.05) is 24.3 Å². The van der Waals surface area contributed by atoms with Crippen LogP contribution in [-0.4, -0.2) is 27.1 Å². The van der Waals surface area contributed by atoms with Crippen LogP contribution in [-0.2, 0) is 4.79 Å². The number of carboxylic acid groups (broad SMARTS) is 1. The largest absolute Gasteiger partial charge is 0.479 e. The number of carbonyl (C=O) groups excluding carboxylic acids is 1. The number of carbonyl (C=O) groups is 2. The van der Waals surface area contributed by atoms with E-state index in [-0.39, 0.29) is 12.3 Å². The minimum absolute atomic E-state index is 0.187. The quantitative estimate of drug-likeness (QED) is 0.241. The maximum absolute atomic E-state index is 12.2. The average Bonchev–Trinajstić information content (AvgIpc) is 2.66. The first-order valence-corrected chi connectivity index (χ1v) is 10.8. The van der Waals surface area contributed by atoms with Crippen molar-refractivity contribution < 1.29 is 14.7 Å². The Bertz CT molecular complexity index is 795. The SMILES string of the molecule is O=C(Nc1ccc(SCCCCCC(Cl)(Cl)C(=O)O)cc1)c1ccc(Cl)cc1. The van der Waals surface area contributed by atoms with E-state index in [1.54, 1.807) is 36.0 Å². The monoisotopic (exact) mass is 459 g/mol. The van der Waals surface area contributed by atoms with Crippen LogP contribution in [0.25, 0.3) is 0 Å². The van der Waals surface area contributed by atoms with Crippen LogP contribution in [0.2, 0.25) is 5.02 Å². The number of alkyl halides is 2.